The Bertz CT molecular complexity index is 702. The van der Waals surface area contributed by atoms with E-state index >= 15 is 0 Å². The zero-order valence-corrected chi connectivity index (χ0v) is 14.2. The van der Waals surface area contributed by atoms with Crippen molar-refractivity contribution in [2.24, 2.45) is 5.92 Å². The van der Waals surface area contributed by atoms with Crippen molar-refractivity contribution in [3.05, 3.63) is 40.4 Å². The molecule has 7 heteroatoms. The third-order valence-corrected chi connectivity index (χ3v) is 4.42. The number of nitrogens with zero attached hydrogens (tertiary/aromatic N) is 1. The molecule has 0 bridgehead atoms. The van der Waals surface area contributed by atoms with Crippen molar-refractivity contribution in [3.8, 4) is 10.6 Å². The van der Waals surface area contributed by atoms with E-state index in [0.29, 0.717) is 17.3 Å². The van der Waals surface area contributed by atoms with E-state index in [9.17, 15) is 9.59 Å². The number of aromatic nitrogens is 1. The Balaban J connectivity index is 1.90. The van der Waals surface area contributed by atoms with Crippen molar-refractivity contribution < 1.29 is 14.7 Å². The number of benzene rings is 1. The van der Waals surface area contributed by atoms with Gasteiger partial charge in [-0.25, -0.2) is 4.98 Å². The normalized spacial score (nSPS) is 11.9. The lowest BCUT2D eigenvalue weighted by Gasteiger charge is -2.09. The van der Waals surface area contributed by atoms with Crippen molar-refractivity contribution >= 4 is 34.8 Å². The SMILES string of the molecule is CC(CNC(=O)Cc1csc(-c2ccccc2Cl)n1)CC(=O)O. The van der Waals surface area contributed by atoms with Crippen molar-refractivity contribution in [1.82, 2.24) is 10.3 Å². The van der Waals surface area contributed by atoms with Gasteiger partial charge in [-0.15, -0.1) is 11.3 Å². The predicted molar refractivity (Wildman–Crippen MR) is 90.7 cm³/mol. The van der Waals surface area contributed by atoms with E-state index in [1.807, 2.05) is 23.6 Å². The molecule has 1 aromatic heterocycles. The Kier molecular flexibility index (Phi) is 6.12. The van der Waals surface area contributed by atoms with Crippen LogP contribution < -0.4 is 5.32 Å². The molecule has 1 heterocycles. The quantitative estimate of drug-likeness (QED) is 0.801. The molecule has 5 nitrogen and oxygen atoms in total. The molecule has 1 atom stereocenters. The van der Waals surface area contributed by atoms with E-state index in [0.717, 1.165) is 10.6 Å². The van der Waals surface area contributed by atoms with Gasteiger partial charge in [-0.3, -0.25) is 9.59 Å². The van der Waals surface area contributed by atoms with Crippen LogP contribution in [-0.2, 0) is 16.0 Å². The van der Waals surface area contributed by atoms with Crippen molar-refractivity contribution in [1.29, 1.82) is 0 Å². The van der Waals surface area contributed by atoms with Crippen molar-refractivity contribution in [3.63, 3.8) is 0 Å². The largest absolute Gasteiger partial charge is 0.481 e. The van der Waals surface area contributed by atoms with E-state index in [-0.39, 0.29) is 24.7 Å². The minimum atomic E-state index is -0.865. The number of carboxylic acids is 1. The topological polar surface area (TPSA) is 79.3 Å². The van der Waals surface area contributed by atoms with E-state index in [1.54, 1.807) is 13.0 Å². The summed E-state index contributed by atoms with van der Waals surface area (Å²) in [4.78, 5) is 26.9. The molecule has 2 N–H and O–H groups in total. The lowest BCUT2D eigenvalue weighted by molar-refractivity contribution is -0.138. The number of hydrogen-bond acceptors (Lipinski definition) is 4. The van der Waals surface area contributed by atoms with Crippen LogP contribution in [0.4, 0.5) is 0 Å². The van der Waals surface area contributed by atoms with E-state index in [2.05, 4.69) is 10.3 Å². The Morgan fingerprint density at radius 2 is 2.13 bits per heavy atom. The van der Waals surface area contributed by atoms with E-state index in [1.165, 1.54) is 11.3 Å². The molecule has 0 aliphatic heterocycles. The summed E-state index contributed by atoms with van der Waals surface area (Å²) in [5.41, 5.74) is 1.52. The molecule has 1 amide bonds. The second-order valence-electron chi connectivity index (χ2n) is 5.31. The fourth-order valence-corrected chi connectivity index (χ4v) is 3.17. The fraction of sp³-hybridized carbons (Fsp3) is 0.312. The maximum atomic E-state index is 11.9. The van der Waals surface area contributed by atoms with E-state index < -0.39 is 5.97 Å². The first-order chi connectivity index (χ1) is 11.0. The van der Waals surface area contributed by atoms with Crippen LogP contribution in [0.25, 0.3) is 10.6 Å². The molecule has 0 fully saturated rings. The zero-order valence-electron chi connectivity index (χ0n) is 12.6. The monoisotopic (exact) mass is 352 g/mol. The fourth-order valence-electron chi connectivity index (χ4n) is 2.03. The number of carboxylic acid groups (broad SMARTS) is 1. The predicted octanol–water partition coefficient (Wildman–Crippen LogP) is 3.23. The van der Waals surface area contributed by atoms with Gasteiger partial charge in [0.1, 0.15) is 5.01 Å². The molecule has 2 aromatic rings. The van der Waals surface area contributed by atoms with Gasteiger partial charge in [0.15, 0.2) is 0 Å². The van der Waals surface area contributed by atoms with Crippen LogP contribution in [0.2, 0.25) is 5.02 Å². The minimum absolute atomic E-state index is 0.0354. The highest BCUT2D eigenvalue weighted by Gasteiger charge is 2.13. The summed E-state index contributed by atoms with van der Waals surface area (Å²) in [5, 5.41) is 14.7. The number of nitrogens with one attached hydrogen (secondary N) is 1. The second kappa shape index (κ2) is 8.08. The van der Waals surface area contributed by atoms with Crippen LogP contribution in [0.15, 0.2) is 29.6 Å². The average Bonchev–Trinajstić information content (AvgIpc) is 2.93. The van der Waals surface area contributed by atoms with Gasteiger partial charge >= 0.3 is 5.97 Å². The molecule has 2 rings (SSSR count). The second-order valence-corrected chi connectivity index (χ2v) is 6.57. The third-order valence-electron chi connectivity index (χ3n) is 3.17. The molecule has 0 saturated carbocycles. The molecule has 0 spiro atoms. The smallest absolute Gasteiger partial charge is 0.303 e. The van der Waals surface area contributed by atoms with Crippen LogP contribution in [0.3, 0.4) is 0 Å². The van der Waals surface area contributed by atoms with Gasteiger partial charge in [0, 0.05) is 23.9 Å². The Labute approximate surface area is 143 Å². The average molecular weight is 353 g/mol. The third kappa shape index (κ3) is 5.33. The summed E-state index contributed by atoms with van der Waals surface area (Å²) >= 11 is 7.58. The molecule has 1 unspecified atom stereocenters. The first kappa shape index (κ1) is 17.4. The summed E-state index contributed by atoms with van der Waals surface area (Å²) in [6, 6.07) is 7.43. The van der Waals surface area contributed by atoms with Crippen molar-refractivity contribution in [2.45, 2.75) is 19.8 Å². The number of halogens is 1. The maximum absolute atomic E-state index is 11.9. The number of thiazole rings is 1. The molecule has 1 aromatic carbocycles. The van der Waals surface area contributed by atoms with Gasteiger partial charge < -0.3 is 10.4 Å². The Morgan fingerprint density at radius 3 is 2.83 bits per heavy atom. The van der Waals surface area contributed by atoms with Crippen LogP contribution in [-0.4, -0.2) is 28.5 Å². The van der Waals surface area contributed by atoms with Crippen LogP contribution in [0.1, 0.15) is 19.0 Å². The maximum Gasteiger partial charge on any atom is 0.303 e. The number of rotatable bonds is 7. The molecule has 122 valence electrons. The standard InChI is InChI=1S/C16H17ClN2O3S/c1-10(6-15(21)22)8-18-14(20)7-11-9-23-16(19-11)12-4-2-3-5-13(12)17/h2-5,9-10H,6-8H2,1H3,(H,18,20)(H,21,22). The van der Waals surface area contributed by atoms with Crippen LogP contribution in [0.5, 0.6) is 0 Å². The first-order valence-corrected chi connectivity index (χ1v) is 8.39. The summed E-state index contributed by atoms with van der Waals surface area (Å²) in [5.74, 6) is -1.14. The van der Waals surface area contributed by atoms with Gasteiger partial charge in [-0.1, -0.05) is 36.7 Å². The van der Waals surface area contributed by atoms with Gasteiger partial charge in [-0.2, -0.15) is 0 Å². The lowest BCUT2D eigenvalue weighted by atomic mass is 10.1. The van der Waals surface area contributed by atoms with Gasteiger partial charge in [0.2, 0.25) is 5.91 Å². The number of carbonyl (C=O) groups excluding carboxylic acids is 1. The molecule has 0 radical (unpaired) electrons. The first-order valence-electron chi connectivity index (χ1n) is 7.13. The van der Waals surface area contributed by atoms with Gasteiger partial charge in [0.25, 0.3) is 0 Å². The highest BCUT2D eigenvalue weighted by molar-refractivity contribution is 7.13. The summed E-state index contributed by atoms with van der Waals surface area (Å²) in [6.07, 6.45) is 0.203. The number of aliphatic carboxylic acids is 1. The van der Waals surface area contributed by atoms with Gasteiger partial charge in [-0.05, 0) is 12.0 Å². The number of carbonyl (C=O) groups is 2. The highest BCUT2D eigenvalue weighted by atomic mass is 35.5. The summed E-state index contributed by atoms with van der Waals surface area (Å²) in [7, 11) is 0. The molecule has 23 heavy (non-hydrogen) atoms. The molecule has 0 aliphatic carbocycles. The highest BCUT2D eigenvalue weighted by Crippen LogP contribution is 2.30. The Hall–Kier alpha value is -1.92. The molecule has 0 aliphatic rings. The Morgan fingerprint density at radius 1 is 1.39 bits per heavy atom. The lowest BCUT2D eigenvalue weighted by Crippen LogP contribution is -2.30. The molecular weight excluding hydrogens is 336 g/mol. The summed E-state index contributed by atoms with van der Waals surface area (Å²) in [6.45, 7) is 2.12. The molecular formula is C16H17ClN2O3S. The van der Waals surface area contributed by atoms with E-state index in [4.69, 9.17) is 16.7 Å². The van der Waals surface area contributed by atoms with Crippen LogP contribution in [0, 0.1) is 5.92 Å². The summed E-state index contributed by atoms with van der Waals surface area (Å²) < 4.78 is 0. The number of hydrogen-bond donors (Lipinski definition) is 2. The van der Waals surface area contributed by atoms with Gasteiger partial charge in [0.05, 0.1) is 17.1 Å². The van der Waals surface area contributed by atoms with Crippen LogP contribution >= 0.6 is 22.9 Å². The molecule has 0 saturated heterocycles. The minimum Gasteiger partial charge on any atom is -0.481 e. The van der Waals surface area contributed by atoms with Crippen molar-refractivity contribution in [2.75, 3.05) is 6.54 Å². The number of amides is 1. The zero-order chi connectivity index (χ0) is 16.8.